The molecule has 2 rings (SSSR count). The number of thioether (sulfide) groups is 1. The number of ketones is 1. The summed E-state index contributed by atoms with van der Waals surface area (Å²) in [6.07, 6.45) is 7.08. The normalized spacial score (nSPS) is 15.7. The van der Waals surface area contributed by atoms with Crippen LogP contribution in [0.4, 0.5) is 0 Å². The summed E-state index contributed by atoms with van der Waals surface area (Å²) < 4.78 is 10.9. The van der Waals surface area contributed by atoms with E-state index in [0.29, 0.717) is 16.4 Å². The molecular weight excluding hydrogens is 400 g/mol. The first-order chi connectivity index (χ1) is 14.0. The average molecular weight is 433 g/mol. The summed E-state index contributed by atoms with van der Waals surface area (Å²) in [7, 11) is 0. The minimum atomic E-state index is -0.554. The molecule has 5 nitrogen and oxygen atoms in total. The maximum Gasteiger partial charge on any atom is 0.353 e. The Morgan fingerprint density at radius 2 is 1.93 bits per heavy atom. The molecule has 0 atom stereocenters. The second-order valence-corrected chi connectivity index (χ2v) is 9.88. The molecule has 1 N–H and O–H groups in total. The highest BCUT2D eigenvalue weighted by atomic mass is 32.2. The predicted molar refractivity (Wildman–Crippen MR) is 121 cm³/mol. The minimum Gasteiger partial charge on any atom is -0.506 e. The quantitative estimate of drug-likeness (QED) is 0.304. The van der Waals surface area contributed by atoms with Gasteiger partial charge in [-0.15, -0.1) is 0 Å². The smallest absolute Gasteiger partial charge is 0.353 e. The molecule has 1 saturated carbocycles. The topological polar surface area (TPSA) is 76.7 Å². The van der Waals surface area contributed by atoms with Crippen molar-refractivity contribution >= 4 is 17.5 Å². The molecule has 1 heterocycles. The number of hydrogen-bond donors (Lipinski definition) is 1. The Kier molecular flexibility index (Phi) is 8.18. The fourth-order valence-corrected chi connectivity index (χ4v) is 4.47. The van der Waals surface area contributed by atoms with Gasteiger partial charge in [0.25, 0.3) is 0 Å². The number of allylic oxidation sites excluding steroid dienone is 2. The molecule has 1 fully saturated rings. The molecule has 0 unspecified atom stereocenters. The Morgan fingerprint density at radius 3 is 2.47 bits per heavy atom. The first-order valence-electron chi connectivity index (χ1n) is 10.3. The van der Waals surface area contributed by atoms with Gasteiger partial charge in [-0.3, -0.25) is 4.79 Å². The predicted octanol–water partition coefficient (Wildman–Crippen LogP) is 6.09. The lowest BCUT2D eigenvalue weighted by Gasteiger charge is -2.25. The van der Waals surface area contributed by atoms with Crippen LogP contribution in [0.25, 0.3) is 0 Å². The molecule has 0 amide bonds. The number of Topliss-reactive ketones (excluding diaryl/α,β-unsaturated/α-hetero) is 1. The molecule has 0 spiro atoms. The summed E-state index contributed by atoms with van der Waals surface area (Å²) in [4.78, 5) is 24.5. The van der Waals surface area contributed by atoms with E-state index in [4.69, 9.17) is 9.15 Å². The second kappa shape index (κ2) is 10.2. The fraction of sp³-hybridized carbons (Fsp3) is 0.500. The lowest BCUT2D eigenvalue weighted by atomic mass is 9.86. The zero-order valence-corrected chi connectivity index (χ0v) is 19.2. The van der Waals surface area contributed by atoms with Gasteiger partial charge >= 0.3 is 5.63 Å². The summed E-state index contributed by atoms with van der Waals surface area (Å²) in [6, 6.07) is 1.57. The van der Waals surface area contributed by atoms with E-state index in [9.17, 15) is 14.7 Å². The van der Waals surface area contributed by atoms with E-state index in [1.807, 2.05) is 20.8 Å². The van der Waals surface area contributed by atoms with Gasteiger partial charge in [-0.1, -0.05) is 65.0 Å². The standard InChI is InChI=1S/C24H32O5S/c1-15(25)14-28-16(2)12-19(24(4,5)6)17(3)30-22-20(26)13-21(29-23(22)27)18-10-8-7-9-11-18/h12-13,18,26H,2-3,7-11,14H2,1,4-6H3/b19-12+. The van der Waals surface area contributed by atoms with Crippen molar-refractivity contribution in [3.05, 3.63) is 57.7 Å². The van der Waals surface area contributed by atoms with Gasteiger partial charge in [-0.05, 0) is 36.8 Å². The largest absolute Gasteiger partial charge is 0.506 e. The number of rotatable bonds is 8. The first kappa shape index (κ1) is 24.1. The fourth-order valence-electron chi connectivity index (χ4n) is 3.46. The molecule has 164 valence electrons. The van der Waals surface area contributed by atoms with E-state index in [2.05, 4.69) is 13.2 Å². The van der Waals surface area contributed by atoms with Crippen molar-refractivity contribution in [2.45, 2.75) is 70.6 Å². The van der Waals surface area contributed by atoms with Gasteiger partial charge < -0.3 is 14.3 Å². The van der Waals surface area contributed by atoms with Gasteiger partial charge in [0, 0.05) is 16.9 Å². The van der Waals surface area contributed by atoms with Crippen molar-refractivity contribution in [2.75, 3.05) is 6.61 Å². The Balaban J connectivity index is 2.25. The average Bonchev–Trinajstić information content (AvgIpc) is 2.66. The zero-order chi connectivity index (χ0) is 22.5. The zero-order valence-electron chi connectivity index (χ0n) is 18.4. The first-order valence-corrected chi connectivity index (χ1v) is 11.1. The maximum atomic E-state index is 12.6. The van der Waals surface area contributed by atoms with Crippen LogP contribution in [-0.4, -0.2) is 17.5 Å². The summed E-state index contributed by atoms with van der Waals surface area (Å²) in [5.41, 5.74) is -0.0948. The van der Waals surface area contributed by atoms with Crippen LogP contribution in [0.2, 0.25) is 0 Å². The molecule has 1 aliphatic carbocycles. The Morgan fingerprint density at radius 1 is 1.30 bits per heavy atom. The SMILES string of the molecule is C=C(/C=C(\C(=C)Sc1c(O)cc(C2CCCCC2)oc1=O)C(C)(C)C)OCC(C)=O. The van der Waals surface area contributed by atoms with E-state index in [1.54, 1.807) is 12.1 Å². The third kappa shape index (κ3) is 6.66. The summed E-state index contributed by atoms with van der Waals surface area (Å²) in [6.45, 7) is 15.3. The molecule has 1 aliphatic rings. The van der Waals surface area contributed by atoms with Gasteiger partial charge in [0.05, 0.1) is 0 Å². The van der Waals surface area contributed by atoms with Crippen LogP contribution in [-0.2, 0) is 9.53 Å². The maximum absolute atomic E-state index is 12.6. The second-order valence-electron chi connectivity index (χ2n) is 8.78. The Hall–Kier alpha value is -2.21. The van der Waals surface area contributed by atoms with Crippen LogP contribution in [0.5, 0.6) is 5.75 Å². The number of carbonyl (C=O) groups is 1. The van der Waals surface area contributed by atoms with Crippen LogP contribution in [0.1, 0.15) is 71.5 Å². The highest BCUT2D eigenvalue weighted by Gasteiger charge is 2.25. The number of carbonyl (C=O) groups excluding carboxylic acids is 1. The summed E-state index contributed by atoms with van der Waals surface area (Å²) >= 11 is 1.07. The van der Waals surface area contributed by atoms with Crippen molar-refractivity contribution < 1.29 is 19.1 Å². The van der Waals surface area contributed by atoms with Crippen molar-refractivity contribution in [3.8, 4) is 5.75 Å². The number of aromatic hydroxyl groups is 1. The summed E-state index contributed by atoms with van der Waals surface area (Å²) in [5, 5.41) is 10.5. The van der Waals surface area contributed by atoms with Crippen LogP contribution in [0, 0.1) is 5.41 Å². The van der Waals surface area contributed by atoms with Crippen molar-refractivity contribution in [1.29, 1.82) is 0 Å². The molecule has 0 aliphatic heterocycles. The van der Waals surface area contributed by atoms with Crippen LogP contribution < -0.4 is 5.63 Å². The van der Waals surface area contributed by atoms with Crippen LogP contribution >= 0.6 is 11.8 Å². The van der Waals surface area contributed by atoms with Crippen molar-refractivity contribution in [1.82, 2.24) is 0 Å². The Bertz CT molecular complexity index is 895. The highest BCUT2D eigenvalue weighted by Crippen LogP contribution is 2.42. The molecule has 0 radical (unpaired) electrons. The molecule has 0 bridgehead atoms. The van der Waals surface area contributed by atoms with E-state index in [-0.39, 0.29) is 34.4 Å². The number of hydrogen-bond acceptors (Lipinski definition) is 6. The summed E-state index contributed by atoms with van der Waals surface area (Å²) in [5.74, 6) is 0.894. The van der Waals surface area contributed by atoms with Gasteiger partial charge in [0.2, 0.25) is 0 Å². The van der Waals surface area contributed by atoms with E-state index in [0.717, 1.165) is 43.0 Å². The van der Waals surface area contributed by atoms with Crippen molar-refractivity contribution in [2.24, 2.45) is 5.41 Å². The molecule has 1 aromatic rings. The molecule has 0 aromatic carbocycles. The van der Waals surface area contributed by atoms with E-state index < -0.39 is 5.63 Å². The lowest BCUT2D eigenvalue weighted by Crippen LogP contribution is -2.13. The van der Waals surface area contributed by atoms with E-state index in [1.165, 1.54) is 13.3 Å². The molecule has 0 saturated heterocycles. The van der Waals surface area contributed by atoms with Gasteiger partial charge in [-0.25, -0.2) is 4.79 Å². The minimum absolute atomic E-state index is 0.0562. The van der Waals surface area contributed by atoms with Crippen LogP contribution in [0.15, 0.2) is 55.6 Å². The van der Waals surface area contributed by atoms with Gasteiger partial charge in [0.15, 0.2) is 5.78 Å². The molecular formula is C24H32O5S. The Labute approximate surface area is 182 Å². The highest BCUT2D eigenvalue weighted by molar-refractivity contribution is 8.03. The lowest BCUT2D eigenvalue weighted by molar-refractivity contribution is -0.120. The monoisotopic (exact) mass is 432 g/mol. The molecule has 30 heavy (non-hydrogen) atoms. The van der Waals surface area contributed by atoms with E-state index >= 15 is 0 Å². The molecule has 6 heteroatoms. The molecule has 1 aromatic heterocycles. The van der Waals surface area contributed by atoms with Gasteiger partial charge in [-0.2, -0.15) is 0 Å². The number of ether oxygens (including phenoxy) is 1. The third-order valence-corrected chi connectivity index (χ3v) is 6.06. The third-order valence-electron chi connectivity index (χ3n) is 5.01. The van der Waals surface area contributed by atoms with Gasteiger partial charge in [0.1, 0.15) is 28.8 Å². The van der Waals surface area contributed by atoms with Crippen molar-refractivity contribution in [3.63, 3.8) is 0 Å². The van der Waals surface area contributed by atoms with Crippen LogP contribution in [0.3, 0.4) is 0 Å².